The number of rotatable bonds is 3. The fourth-order valence-corrected chi connectivity index (χ4v) is 4.14. The first kappa shape index (κ1) is 20.1. The number of nitrogens with zero attached hydrogens (tertiary/aromatic N) is 5. The molecule has 27 heavy (non-hydrogen) atoms. The van der Waals surface area contributed by atoms with Crippen LogP contribution in [0.15, 0.2) is 24.4 Å². The summed E-state index contributed by atoms with van der Waals surface area (Å²) in [5, 5.41) is 0. The molecule has 1 aromatic heterocycles. The summed E-state index contributed by atoms with van der Waals surface area (Å²) in [5.41, 5.74) is 0.0204. The maximum Gasteiger partial charge on any atom is 0.237 e. The molecule has 2 aliphatic rings. The molecular formula is C21H35N5O. The number of aromatic nitrogens is 1. The molecule has 0 aliphatic carbocycles. The van der Waals surface area contributed by atoms with Crippen LogP contribution in [-0.4, -0.2) is 89.0 Å². The standard InChI is InChI=1S/C21H35N5O/c1-20(2,3)25-14-15-26(21(4,5)17-25)19(27)16-23-10-12-24(13-11-23)18-8-6-7-9-22-18/h6-9H,10-17H2,1-5H3. The van der Waals surface area contributed by atoms with Crippen molar-refractivity contribution in [3.8, 4) is 0 Å². The number of pyridine rings is 1. The summed E-state index contributed by atoms with van der Waals surface area (Å²) in [4.78, 5) is 26.6. The van der Waals surface area contributed by atoms with Crippen LogP contribution in [0.2, 0.25) is 0 Å². The molecule has 0 spiro atoms. The predicted molar refractivity (Wildman–Crippen MR) is 110 cm³/mol. The molecule has 0 aromatic carbocycles. The third kappa shape index (κ3) is 4.79. The predicted octanol–water partition coefficient (Wildman–Crippen LogP) is 1.92. The summed E-state index contributed by atoms with van der Waals surface area (Å²) in [6, 6.07) is 6.02. The maximum atomic E-state index is 13.0. The Kier molecular flexibility index (Phi) is 5.77. The number of piperazine rings is 2. The molecule has 150 valence electrons. The first-order valence-electron chi connectivity index (χ1n) is 10.1. The van der Waals surface area contributed by atoms with E-state index < -0.39 is 0 Å². The van der Waals surface area contributed by atoms with E-state index in [9.17, 15) is 4.79 Å². The Morgan fingerprint density at radius 3 is 2.33 bits per heavy atom. The van der Waals surface area contributed by atoms with E-state index in [1.165, 1.54) is 0 Å². The van der Waals surface area contributed by atoms with Gasteiger partial charge in [-0.2, -0.15) is 0 Å². The number of carbonyl (C=O) groups is 1. The van der Waals surface area contributed by atoms with Gasteiger partial charge in [-0.1, -0.05) is 6.07 Å². The SMILES string of the molecule is CC(C)(C)N1CCN(C(=O)CN2CCN(c3ccccn3)CC2)C(C)(C)C1. The van der Waals surface area contributed by atoms with E-state index in [1.54, 1.807) is 0 Å². The van der Waals surface area contributed by atoms with Gasteiger partial charge in [-0.05, 0) is 46.8 Å². The van der Waals surface area contributed by atoms with E-state index in [2.05, 4.69) is 65.3 Å². The third-order valence-corrected chi connectivity index (χ3v) is 5.86. The van der Waals surface area contributed by atoms with Gasteiger partial charge in [-0.3, -0.25) is 14.6 Å². The highest BCUT2D eigenvalue weighted by molar-refractivity contribution is 5.79. The normalized spacial score (nSPS) is 22.1. The van der Waals surface area contributed by atoms with E-state index in [0.29, 0.717) is 6.54 Å². The number of carbonyl (C=O) groups excluding carboxylic acids is 1. The summed E-state index contributed by atoms with van der Waals surface area (Å²) < 4.78 is 0. The van der Waals surface area contributed by atoms with Gasteiger partial charge >= 0.3 is 0 Å². The van der Waals surface area contributed by atoms with E-state index in [4.69, 9.17) is 0 Å². The molecule has 0 atom stereocenters. The Hall–Kier alpha value is -1.66. The maximum absolute atomic E-state index is 13.0. The van der Waals surface area contributed by atoms with Gasteiger partial charge in [0.1, 0.15) is 5.82 Å². The zero-order valence-electron chi connectivity index (χ0n) is 17.6. The molecule has 3 rings (SSSR count). The van der Waals surface area contributed by atoms with Crippen molar-refractivity contribution < 1.29 is 4.79 Å². The van der Waals surface area contributed by atoms with Crippen LogP contribution in [0.1, 0.15) is 34.6 Å². The Morgan fingerprint density at radius 1 is 1.07 bits per heavy atom. The lowest BCUT2D eigenvalue weighted by atomic mass is 9.94. The molecule has 2 saturated heterocycles. The van der Waals surface area contributed by atoms with Crippen LogP contribution in [-0.2, 0) is 4.79 Å². The van der Waals surface area contributed by atoms with Gasteiger partial charge in [0.15, 0.2) is 0 Å². The Bertz CT molecular complexity index is 632. The van der Waals surface area contributed by atoms with Gasteiger partial charge in [0, 0.05) is 57.5 Å². The molecule has 0 saturated carbocycles. The molecule has 6 nitrogen and oxygen atoms in total. The largest absolute Gasteiger partial charge is 0.354 e. The third-order valence-electron chi connectivity index (χ3n) is 5.86. The average molecular weight is 374 g/mol. The zero-order valence-corrected chi connectivity index (χ0v) is 17.6. The number of anilines is 1. The van der Waals surface area contributed by atoms with Gasteiger partial charge in [-0.25, -0.2) is 4.98 Å². The fourth-order valence-electron chi connectivity index (χ4n) is 4.14. The van der Waals surface area contributed by atoms with Crippen LogP contribution in [0.4, 0.5) is 5.82 Å². The second-order valence-electron chi connectivity index (χ2n) is 9.40. The molecule has 0 unspecified atom stereocenters. The van der Waals surface area contributed by atoms with E-state index in [-0.39, 0.29) is 17.0 Å². The highest BCUT2D eigenvalue weighted by atomic mass is 16.2. The molecule has 0 radical (unpaired) electrons. The van der Waals surface area contributed by atoms with Gasteiger partial charge in [0.2, 0.25) is 5.91 Å². The first-order valence-corrected chi connectivity index (χ1v) is 10.1. The summed E-state index contributed by atoms with van der Waals surface area (Å²) in [6.45, 7) is 18.0. The monoisotopic (exact) mass is 373 g/mol. The van der Waals surface area contributed by atoms with Crippen molar-refractivity contribution in [2.45, 2.75) is 45.7 Å². The minimum atomic E-state index is -0.127. The van der Waals surface area contributed by atoms with E-state index in [0.717, 1.165) is 51.6 Å². The van der Waals surface area contributed by atoms with E-state index in [1.807, 2.05) is 18.3 Å². The average Bonchev–Trinajstić information content (AvgIpc) is 2.61. The van der Waals surface area contributed by atoms with Crippen molar-refractivity contribution in [1.82, 2.24) is 19.7 Å². The highest BCUT2D eigenvalue weighted by Gasteiger charge is 2.40. The van der Waals surface area contributed by atoms with Crippen molar-refractivity contribution in [1.29, 1.82) is 0 Å². The van der Waals surface area contributed by atoms with Gasteiger partial charge in [0.05, 0.1) is 12.1 Å². The van der Waals surface area contributed by atoms with Crippen LogP contribution in [0.5, 0.6) is 0 Å². The summed E-state index contributed by atoms with van der Waals surface area (Å²) >= 11 is 0. The van der Waals surface area contributed by atoms with Crippen LogP contribution in [0.25, 0.3) is 0 Å². The Balaban J connectivity index is 1.52. The highest BCUT2D eigenvalue weighted by Crippen LogP contribution is 2.26. The van der Waals surface area contributed by atoms with Gasteiger partial charge in [-0.15, -0.1) is 0 Å². The number of hydrogen-bond acceptors (Lipinski definition) is 5. The molecule has 1 amide bonds. The quantitative estimate of drug-likeness (QED) is 0.810. The summed E-state index contributed by atoms with van der Waals surface area (Å²) in [7, 11) is 0. The minimum absolute atomic E-state index is 0.127. The lowest BCUT2D eigenvalue weighted by molar-refractivity contribution is -0.143. The second kappa shape index (κ2) is 7.76. The Morgan fingerprint density at radius 2 is 1.78 bits per heavy atom. The van der Waals surface area contributed by atoms with Crippen LogP contribution >= 0.6 is 0 Å². The smallest absolute Gasteiger partial charge is 0.237 e. The Labute approximate surface area is 164 Å². The summed E-state index contributed by atoms with van der Waals surface area (Å²) in [5.74, 6) is 1.29. The molecule has 2 aliphatic heterocycles. The van der Waals surface area contributed by atoms with Crippen molar-refractivity contribution in [3.63, 3.8) is 0 Å². The van der Waals surface area contributed by atoms with Crippen molar-refractivity contribution in [3.05, 3.63) is 24.4 Å². The van der Waals surface area contributed by atoms with Crippen LogP contribution in [0.3, 0.4) is 0 Å². The second-order valence-corrected chi connectivity index (χ2v) is 9.40. The first-order chi connectivity index (χ1) is 12.7. The molecule has 3 heterocycles. The molecule has 6 heteroatoms. The van der Waals surface area contributed by atoms with Crippen molar-refractivity contribution in [2.75, 3.05) is 57.3 Å². The molecule has 0 N–H and O–H groups in total. The van der Waals surface area contributed by atoms with Crippen LogP contribution in [0, 0.1) is 0 Å². The number of hydrogen-bond donors (Lipinski definition) is 0. The fraction of sp³-hybridized carbons (Fsp3) is 0.714. The van der Waals surface area contributed by atoms with Crippen molar-refractivity contribution >= 4 is 11.7 Å². The topological polar surface area (TPSA) is 42.9 Å². The summed E-state index contributed by atoms with van der Waals surface area (Å²) in [6.07, 6.45) is 1.84. The molecular weight excluding hydrogens is 338 g/mol. The molecule has 1 aromatic rings. The van der Waals surface area contributed by atoms with Crippen LogP contribution < -0.4 is 4.90 Å². The number of amides is 1. The van der Waals surface area contributed by atoms with E-state index >= 15 is 0 Å². The minimum Gasteiger partial charge on any atom is -0.354 e. The lowest BCUT2D eigenvalue weighted by Crippen LogP contribution is -2.65. The zero-order chi connectivity index (χ0) is 19.7. The van der Waals surface area contributed by atoms with Crippen molar-refractivity contribution in [2.24, 2.45) is 0 Å². The van der Waals surface area contributed by atoms with Gasteiger partial charge < -0.3 is 9.80 Å². The lowest BCUT2D eigenvalue weighted by Gasteiger charge is -2.51. The van der Waals surface area contributed by atoms with Gasteiger partial charge in [0.25, 0.3) is 0 Å². The molecule has 2 fully saturated rings. The molecule has 0 bridgehead atoms.